The molecule has 92 valence electrons. The summed E-state index contributed by atoms with van der Waals surface area (Å²) in [6.45, 7) is 3.90. The van der Waals surface area contributed by atoms with Crippen LogP contribution in [0.15, 0.2) is 30.4 Å². The summed E-state index contributed by atoms with van der Waals surface area (Å²) in [6.07, 6.45) is 3.07. The van der Waals surface area contributed by atoms with Gasteiger partial charge in [0.15, 0.2) is 11.6 Å². The largest absolute Gasteiger partial charge is 0.494 e. The number of hydrogen-bond donors (Lipinski definition) is 0. The quantitative estimate of drug-likeness (QED) is 0.459. The molecule has 1 aromatic carbocycles. The highest BCUT2D eigenvalue weighted by atomic mass is 19.1. The SMILES string of the molecule is COc1cc(OC(=O)/C=C/C(C)C)ccc1F. The molecule has 0 N–H and O–H groups in total. The van der Waals surface area contributed by atoms with Gasteiger partial charge in [-0.2, -0.15) is 0 Å². The Bertz CT molecular complexity index is 425. The van der Waals surface area contributed by atoms with Crippen molar-refractivity contribution in [1.82, 2.24) is 0 Å². The second kappa shape index (κ2) is 6.03. The molecule has 0 saturated carbocycles. The minimum atomic E-state index is -0.495. The molecule has 0 aliphatic rings. The number of hydrogen-bond acceptors (Lipinski definition) is 3. The van der Waals surface area contributed by atoms with Crippen molar-refractivity contribution in [3.63, 3.8) is 0 Å². The fraction of sp³-hybridized carbons (Fsp3) is 0.308. The highest BCUT2D eigenvalue weighted by Gasteiger charge is 2.06. The third-order valence-electron chi connectivity index (χ3n) is 1.96. The lowest BCUT2D eigenvalue weighted by Crippen LogP contribution is -2.04. The van der Waals surface area contributed by atoms with Gasteiger partial charge in [-0.1, -0.05) is 19.9 Å². The van der Waals surface area contributed by atoms with E-state index in [1.165, 1.54) is 31.4 Å². The molecule has 1 aromatic rings. The summed E-state index contributed by atoms with van der Waals surface area (Å²) < 4.78 is 22.9. The molecule has 0 unspecified atom stereocenters. The van der Waals surface area contributed by atoms with E-state index in [0.29, 0.717) is 0 Å². The molecule has 0 atom stereocenters. The molecule has 0 amide bonds. The van der Waals surface area contributed by atoms with Gasteiger partial charge in [-0.05, 0) is 18.1 Å². The number of allylic oxidation sites excluding steroid dienone is 1. The molecule has 0 fully saturated rings. The Balaban J connectivity index is 2.72. The minimum Gasteiger partial charge on any atom is -0.494 e. The van der Waals surface area contributed by atoms with Gasteiger partial charge in [-0.25, -0.2) is 9.18 Å². The van der Waals surface area contributed by atoms with Crippen molar-refractivity contribution in [2.24, 2.45) is 5.92 Å². The van der Waals surface area contributed by atoms with Gasteiger partial charge >= 0.3 is 5.97 Å². The van der Waals surface area contributed by atoms with E-state index in [1.54, 1.807) is 6.08 Å². The summed E-state index contributed by atoms with van der Waals surface area (Å²) in [6, 6.07) is 3.89. The zero-order valence-corrected chi connectivity index (χ0v) is 10.1. The van der Waals surface area contributed by atoms with E-state index in [2.05, 4.69) is 0 Å². The predicted molar refractivity (Wildman–Crippen MR) is 62.6 cm³/mol. The van der Waals surface area contributed by atoms with Crippen molar-refractivity contribution in [2.75, 3.05) is 7.11 Å². The van der Waals surface area contributed by atoms with Crippen LogP contribution in [0.1, 0.15) is 13.8 Å². The van der Waals surface area contributed by atoms with Gasteiger partial charge < -0.3 is 9.47 Å². The summed E-state index contributed by atoms with van der Waals surface area (Å²) >= 11 is 0. The average Bonchev–Trinajstić information content (AvgIpc) is 2.29. The Labute approximate surface area is 99.9 Å². The van der Waals surface area contributed by atoms with E-state index in [-0.39, 0.29) is 17.4 Å². The summed E-state index contributed by atoms with van der Waals surface area (Å²) in [5, 5.41) is 0. The smallest absolute Gasteiger partial charge is 0.335 e. The lowest BCUT2D eigenvalue weighted by atomic mass is 10.2. The molecular weight excluding hydrogens is 223 g/mol. The van der Waals surface area contributed by atoms with E-state index >= 15 is 0 Å². The number of esters is 1. The molecule has 0 heterocycles. The van der Waals surface area contributed by atoms with Gasteiger partial charge in [0, 0.05) is 12.1 Å². The average molecular weight is 238 g/mol. The van der Waals surface area contributed by atoms with Crippen molar-refractivity contribution in [2.45, 2.75) is 13.8 Å². The van der Waals surface area contributed by atoms with Crippen LogP contribution in [0.4, 0.5) is 4.39 Å². The zero-order chi connectivity index (χ0) is 12.8. The zero-order valence-electron chi connectivity index (χ0n) is 10.1. The van der Waals surface area contributed by atoms with Gasteiger partial charge in [0.1, 0.15) is 5.75 Å². The fourth-order valence-corrected chi connectivity index (χ4v) is 1.12. The van der Waals surface area contributed by atoms with Crippen LogP contribution >= 0.6 is 0 Å². The van der Waals surface area contributed by atoms with Gasteiger partial charge in [-0.15, -0.1) is 0 Å². The molecule has 0 aromatic heterocycles. The molecular formula is C13H15FO3. The van der Waals surface area contributed by atoms with Crippen LogP contribution in [0.25, 0.3) is 0 Å². The molecule has 4 heteroatoms. The molecule has 3 nitrogen and oxygen atoms in total. The van der Waals surface area contributed by atoms with Crippen LogP contribution < -0.4 is 9.47 Å². The second-order valence-corrected chi connectivity index (χ2v) is 3.82. The van der Waals surface area contributed by atoms with Crippen molar-refractivity contribution >= 4 is 5.97 Å². The van der Waals surface area contributed by atoms with Gasteiger partial charge in [-0.3, -0.25) is 0 Å². The lowest BCUT2D eigenvalue weighted by molar-refractivity contribution is -0.129. The number of carbonyl (C=O) groups is 1. The highest BCUT2D eigenvalue weighted by Crippen LogP contribution is 2.23. The molecule has 0 aliphatic heterocycles. The number of methoxy groups -OCH3 is 1. The maximum atomic E-state index is 13.1. The summed E-state index contributed by atoms with van der Waals surface area (Å²) in [5.41, 5.74) is 0. The van der Waals surface area contributed by atoms with Gasteiger partial charge in [0.05, 0.1) is 7.11 Å². The van der Waals surface area contributed by atoms with E-state index in [0.717, 1.165) is 0 Å². The first-order valence-corrected chi connectivity index (χ1v) is 5.26. The van der Waals surface area contributed by atoms with E-state index in [9.17, 15) is 9.18 Å². The van der Waals surface area contributed by atoms with Gasteiger partial charge in [0.2, 0.25) is 0 Å². The first kappa shape index (κ1) is 13.2. The Hall–Kier alpha value is -1.84. The van der Waals surface area contributed by atoms with Crippen molar-refractivity contribution in [3.05, 3.63) is 36.2 Å². The third kappa shape index (κ3) is 4.26. The number of halogens is 1. The van der Waals surface area contributed by atoms with Crippen molar-refractivity contribution in [1.29, 1.82) is 0 Å². The summed E-state index contributed by atoms with van der Waals surface area (Å²) in [7, 11) is 1.35. The van der Waals surface area contributed by atoms with Gasteiger partial charge in [0.25, 0.3) is 0 Å². The number of carbonyl (C=O) groups excluding carboxylic acids is 1. The van der Waals surface area contributed by atoms with Crippen molar-refractivity contribution in [3.8, 4) is 11.5 Å². The highest BCUT2D eigenvalue weighted by molar-refractivity contribution is 5.84. The van der Waals surface area contributed by atoms with Crippen LogP contribution in [0, 0.1) is 11.7 Å². The normalized spacial score (nSPS) is 10.9. The molecule has 0 spiro atoms. The summed E-state index contributed by atoms with van der Waals surface area (Å²) in [5.74, 6) is -0.424. The van der Waals surface area contributed by atoms with E-state index in [1.807, 2.05) is 13.8 Å². The maximum absolute atomic E-state index is 13.1. The van der Waals surface area contributed by atoms with E-state index in [4.69, 9.17) is 9.47 Å². The second-order valence-electron chi connectivity index (χ2n) is 3.82. The molecule has 0 radical (unpaired) electrons. The number of rotatable bonds is 4. The first-order valence-electron chi connectivity index (χ1n) is 5.26. The third-order valence-corrected chi connectivity index (χ3v) is 1.96. The molecule has 0 saturated heterocycles. The Morgan fingerprint density at radius 2 is 2.12 bits per heavy atom. The topological polar surface area (TPSA) is 35.5 Å². The predicted octanol–water partition coefficient (Wildman–Crippen LogP) is 2.95. The van der Waals surface area contributed by atoms with Crippen LogP contribution in [0.5, 0.6) is 11.5 Å². The lowest BCUT2D eigenvalue weighted by Gasteiger charge is -2.05. The van der Waals surface area contributed by atoms with Crippen LogP contribution in [-0.4, -0.2) is 13.1 Å². The Morgan fingerprint density at radius 3 is 2.71 bits per heavy atom. The number of ether oxygens (including phenoxy) is 2. The Kier molecular flexibility index (Phi) is 4.69. The first-order chi connectivity index (χ1) is 8.02. The molecule has 17 heavy (non-hydrogen) atoms. The number of benzene rings is 1. The molecule has 1 rings (SSSR count). The molecule has 0 bridgehead atoms. The standard InChI is InChI=1S/C13H15FO3/c1-9(2)4-7-13(15)17-10-5-6-11(14)12(8-10)16-3/h4-9H,1-3H3/b7-4+. The van der Waals surface area contributed by atoms with Crippen LogP contribution in [0.2, 0.25) is 0 Å². The van der Waals surface area contributed by atoms with Crippen LogP contribution in [0.3, 0.4) is 0 Å². The Morgan fingerprint density at radius 1 is 1.41 bits per heavy atom. The summed E-state index contributed by atoms with van der Waals surface area (Å²) in [4.78, 5) is 11.4. The fourth-order valence-electron chi connectivity index (χ4n) is 1.12. The van der Waals surface area contributed by atoms with Crippen LogP contribution in [-0.2, 0) is 4.79 Å². The van der Waals surface area contributed by atoms with E-state index < -0.39 is 11.8 Å². The molecule has 0 aliphatic carbocycles. The van der Waals surface area contributed by atoms with Crippen molar-refractivity contribution < 1.29 is 18.7 Å². The minimum absolute atomic E-state index is 0.0446. The maximum Gasteiger partial charge on any atom is 0.335 e. The monoisotopic (exact) mass is 238 g/mol.